The van der Waals surface area contributed by atoms with Crippen molar-refractivity contribution in [3.05, 3.63) is 54.1 Å². The third-order valence-corrected chi connectivity index (χ3v) is 4.55. The number of tetrazole rings is 1. The van der Waals surface area contributed by atoms with Gasteiger partial charge in [-0.1, -0.05) is 24.3 Å². The van der Waals surface area contributed by atoms with Gasteiger partial charge in [-0.3, -0.25) is 9.59 Å². The second-order valence-electron chi connectivity index (χ2n) is 5.69. The smallest absolute Gasteiger partial charge is 0.304 e. The average Bonchev–Trinajstić information content (AvgIpc) is 3.09. The number of rotatable bonds is 6. The first kappa shape index (κ1) is 19.4. The van der Waals surface area contributed by atoms with E-state index in [2.05, 4.69) is 20.8 Å². The van der Waals surface area contributed by atoms with E-state index in [0.717, 1.165) is 17.4 Å². The van der Waals surface area contributed by atoms with Crippen molar-refractivity contribution in [2.45, 2.75) is 30.1 Å². The van der Waals surface area contributed by atoms with Gasteiger partial charge >= 0.3 is 5.97 Å². The van der Waals surface area contributed by atoms with Crippen LogP contribution in [0.4, 0.5) is 0 Å². The maximum Gasteiger partial charge on any atom is 0.304 e. The number of benzene rings is 2. The molecule has 0 aliphatic rings. The number of hydrogen-bond acceptors (Lipinski definition) is 8. The van der Waals surface area contributed by atoms with Crippen LogP contribution in [0, 0.1) is 0 Å². The van der Waals surface area contributed by atoms with Crippen molar-refractivity contribution in [3.63, 3.8) is 0 Å². The lowest BCUT2D eigenvalue weighted by atomic mass is 10.2. The lowest BCUT2D eigenvalue weighted by Crippen LogP contribution is -2.35. The van der Waals surface area contributed by atoms with Crippen LogP contribution in [0.5, 0.6) is 5.75 Å². The number of ether oxygens (including phenoxy) is 1. The highest BCUT2D eigenvalue weighted by atomic mass is 32.2. The SMILES string of the molecule is CC(=O)OC(C)NC(=O)c1c(O)cccc1Sc1nnnn1-c1ccccc1. The molecule has 9 nitrogen and oxygen atoms in total. The maximum atomic E-state index is 12.6. The maximum absolute atomic E-state index is 12.6. The normalized spacial score (nSPS) is 11.6. The molecule has 0 fully saturated rings. The fourth-order valence-corrected chi connectivity index (χ4v) is 3.39. The average molecular weight is 399 g/mol. The molecule has 1 aromatic heterocycles. The molecular formula is C18H17N5O4S. The summed E-state index contributed by atoms with van der Waals surface area (Å²) in [6.07, 6.45) is -0.850. The van der Waals surface area contributed by atoms with Crippen LogP contribution in [0.15, 0.2) is 58.6 Å². The van der Waals surface area contributed by atoms with Crippen molar-refractivity contribution in [2.75, 3.05) is 0 Å². The molecule has 0 saturated heterocycles. The zero-order valence-corrected chi connectivity index (χ0v) is 15.9. The highest BCUT2D eigenvalue weighted by molar-refractivity contribution is 7.99. The molecule has 2 N–H and O–H groups in total. The van der Waals surface area contributed by atoms with E-state index in [1.165, 1.54) is 24.6 Å². The Morgan fingerprint density at radius 2 is 1.93 bits per heavy atom. The van der Waals surface area contributed by atoms with Gasteiger partial charge in [-0.15, -0.1) is 5.10 Å². The summed E-state index contributed by atoms with van der Waals surface area (Å²) in [5.41, 5.74) is 0.791. The van der Waals surface area contributed by atoms with Crippen LogP contribution >= 0.6 is 11.8 Å². The van der Waals surface area contributed by atoms with Crippen LogP contribution in [0.2, 0.25) is 0 Å². The number of aromatic hydroxyl groups is 1. The van der Waals surface area contributed by atoms with Crippen molar-refractivity contribution >= 4 is 23.6 Å². The molecule has 144 valence electrons. The van der Waals surface area contributed by atoms with Crippen LogP contribution in [0.3, 0.4) is 0 Å². The number of nitrogens with zero attached hydrogens (tertiary/aromatic N) is 4. The Morgan fingerprint density at radius 1 is 1.18 bits per heavy atom. The lowest BCUT2D eigenvalue weighted by molar-refractivity contribution is -0.146. The van der Waals surface area contributed by atoms with E-state index >= 15 is 0 Å². The number of amides is 1. The summed E-state index contributed by atoms with van der Waals surface area (Å²) in [4.78, 5) is 24.1. The van der Waals surface area contributed by atoms with Crippen molar-refractivity contribution in [1.82, 2.24) is 25.5 Å². The van der Waals surface area contributed by atoms with Gasteiger partial charge in [0.05, 0.1) is 11.3 Å². The van der Waals surface area contributed by atoms with Crippen LogP contribution < -0.4 is 5.32 Å². The molecule has 0 saturated carbocycles. The standard InChI is InChI=1S/C18H17N5O4S/c1-11(27-12(2)24)19-17(26)16-14(25)9-6-10-15(16)28-18-20-21-22-23(18)13-7-4-3-5-8-13/h3-11,25H,1-2H3,(H,19,26). The zero-order valence-electron chi connectivity index (χ0n) is 15.1. The van der Waals surface area contributed by atoms with E-state index in [-0.39, 0.29) is 11.3 Å². The molecule has 1 unspecified atom stereocenters. The highest BCUT2D eigenvalue weighted by Crippen LogP contribution is 2.34. The Bertz CT molecular complexity index is 993. The Morgan fingerprint density at radius 3 is 2.64 bits per heavy atom. The number of carbonyl (C=O) groups excluding carboxylic acids is 2. The molecule has 0 radical (unpaired) electrons. The van der Waals surface area contributed by atoms with Gasteiger partial charge in [0.25, 0.3) is 5.91 Å². The van der Waals surface area contributed by atoms with E-state index in [1.807, 2.05) is 30.3 Å². The fourth-order valence-electron chi connectivity index (χ4n) is 2.44. The van der Waals surface area contributed by atoms with Crippen molar-refractivity contribution in [3.8, 4) is 11.4 Å². The molecule has 1 amide bonds. The second-order valence-corrected chi connectivity index (χ2v) is 6.70. The first-order chi connectivity index (χ1) is 13.5. The summed E-state index contributed by atoms with van der Waals surface area (Å²) in [6.45, 7) is 2.76. The van der Waals surface area contributed by atoms with Crippen LogP contribution in [0.25, 0.3) is 5.69 Å². The van der Waals surface area contributed by atoms with E-state index in [1.54, 1.807) is 12.1 Å². The van der Waals surface area contributed by atoms with Gasteiger partial charge in [0.1, 0.15) is 5.75 Å². The summed E-state index contributed by atoms with van der Waals surface area (Å²) in [6, 6.07) is 14.0. The predicted molar refractivity (Wildman–Crippen MR) is 100 cm³/mol. The van der Waals surface area contributed by atoms with Crippen molar-refractivity contribution < 1.29 is 19.4 Å². The minimum atomic E-state index is -0.850. The minimum absolute atomic E-state index is 0.0362. The predicted octanol–water partition coefficient (Wildman–Crippen LogP) is 2.16. The molecule has 0 bridgehead atoms. The number of carbonyl (C=O) groups is 2. The van der Waals surface area contributed by atoms with Gasteiger partial charge in [0, 0.05) is 11.8 Å². The summed E-state index contributed by atoms with van der Waals surface area (Å²) >= 11 is 1.12. The van der Waals surface area contributed by atoms with Gasteiger partial charge in [-0.25, -0.2) is 0 Å². The van der Waals surface area contributed by atoms with Gasteiger partial charge < -0.3 is 15.2 Å². The summed E-state index contributed by atoms with van der Waals surface area (Å²) in [5.74, 6) is -1.33. The Hall–Kier alpha value is -3.40. The fraction of sp³-hybridized carbons (Fsp3) is 0.167. The van der Waals surface area contributed by atoms with E-state index in [9.17, 15) is 14.7 Å². The molecule has 1 heterocycles. The number of phenolic OH excluding ortho intramolecular Hbond substituents is 1. The van der Waals surface area contributed by atoms with Crippen LogP contribution in [0.1, 0.15) is 24.2 Å². The summed E-state index contributed by atoms with van der Waals surface area (Å²) < 4.78 is 6.43. The molecular weight excluding hydrogens is 382 g/mol. The van der Waals surface area contributed by atoms with E-state index in [4.69, 9.17) is 4.74 Å². The summed E-state index contributed by atoms with van der Waals surface area (Å²) in [5, 5.41) is 24.8. The monoisotopic (exact) mass is 399 g/mol. The van der Waals surface area contributed by atoms with Gasteiger partial charge in [0.2, 0.25) is 5.16 Å². The Labute approximate surface area is 164 Å². The highest BCUT2D eigenvalue weighted by Gasteiger charge is 2.21. The van der Waals surface area contributed by atoms with E-state index in [0.29, 0.717) is 10.1 Å². The number of phenols is 1. The number of hydrogen-bond donors (Lipinski definition) is 2. The molecule has 3 rings (SSSR count). The molecule has 2 aromatic carbocycles. The second kappa shape index (κ2) is 8.53. The number of para-hydroxylation sites is 1. The zero-order chi connectivity index (χ0) is 20.1. The molecule has 0 aliphatic heterocycles. The van der Waals surface area contributed by atoms with Crippen LogP contribution in [-0.2, 0) is 9.53 Å². The largest absolute Gasteiger partial charge is 0.507 e. The van der Waals surface area contributed by atoms with Gasteiger partial charge in [-0.2, -0.15) is 4.68 Å². The van der Waals surface area contributed by atoms with Gasteiger partial charge in [-0.05, 0) is 53.4 Å². The number of nitrogens with one attached hydrogen (secondary N) is 1. The first-order valence-electron chi connectivity index (χ1n) is 8.27. The molecule has 1 atom stereocenters. The molecule has 0 aliphatic carbocycles. The first-order valence-corrected chi connectivity index (χ1v) is 9.09. The number of aromatic nitrogens is 4. The molecule has 3 aromatic rings. The third-order valence-electron chi connectivity index (χ3n) is 3.55. The minimum Gasteiger partial charge on any atom is -0.507 e. The van der Waals surface area contributed by atoms with Gasteiger partial charge in [0.15, 0.2) is 6.23 Å². The topological polar surface area (TPSA) is 119 Å². The molecule has 10 heteroatoms. The number of esters is 1. The Balaban J connectivity index is 1.89. The van der Waals surface area contributed by atoms with Crippen LogP contribution in [-0.4, -0.2) is 43.4 Å². The van der Waals surface area contributed by atoms with E-state index < -0.39 is 18.1 Å². The summed E-state index contributed by atoms with van der Waals surface area (Å²) in [7, 11) is 0. The Kier molecular flexibility index (Phi) is 5.90. The van der Waals surface area contributed by atoms with Crippen molar-refractivity contribution in [1.29, 1.82) is 0 Å². The van der Waals surface area contributed by atoms with Crippen molar-refractivity contribution in [2.24, 2.45) is 0 Å². The molecule has 28 heavy (non-hydrogen) atoms. The lowest BCUT2D eigenvalue weighted by Gasteiger charge is -2.16. The quantitative estimate of drug-likeness (QED) is 0.478. The third kappa shape index (κ3) is 4.46. The molecule has 0 spiro atoms.